The molecule has 0 aliphatic carbocycles. The van der Waals surface area contributed by atoms with Gasteiger partial charge in [0.25, 0.3) is 5.91 Å². The van der Waals surface area contributed by atoms with Crippen LogP contribution in [0.15, 0.2) is 54.6 Å². The Morgan fingerprint density at radius 3 is 2.41 bits per heavy atom. The number of methoxy groups -OCH3 is 1. The van der Waals surface area contributed by atoms with Crippen LogP contribution >= 0.6 is 12.2 Å². The number of esters is 1. The summed E-state index contributed by atoms with van der Waals surface area (Å²) in [6.45, 7) is 2.54. The zero-order chi connectivity index (χ0) is 20.8. The molecule has 2 aromatic rings. The zero-order valence-corrected chi connectivity index (χ0v) is 17.4. The van der Waals surface area contributed by atoms with E-state index >= 15 is 0 Å². The number of para-hydroxylation sites is 1. The smallest absolute Gasteiger partial charge is 0.308 e. The monoisotopic (exact) mass is 412 g/mol. The molecule has 1 atom stereocenters. The highest BCUT2D eigenvalue weighted by Gasteiger charge is 2.44. The van der Waals surface area contributed by atoms with Gasteiger partial charge in [-0.15, -0.1) is 0 Å². The quantitative estimate of drug-likeness (QED) is 0.490. The molecule has 0 radical (unpaired) electrons. The molecule has 1 aliphatic heterocycles. The van der Waals surface area contributed by atoms with E-state index in [9.17, 15) is 9.59 Å². The van der Waals surface area contributed by atoms with Crippen LogP contribution in [0.4, 0.5) is 5.69 Å². The van der Waals surface area contributed by atoms with E-state index in [0.29, 0.717) is 23.8 Å². The van der Waals surface area contributed by atoms with Crippen molar-refractivity contribution in [3.05, 3.63) is 60.2 Å². The molecule has 152 valence electrons. The molecule has 6 nitrogen and oxygen atoms in total. The number of carbonyl (C=O) groups excluding carboxylic acids is 2. The number of nitrogens with zero attached hydrogens (tertiary/aromatic N) is 2. The maximum Gasteiger partial charge on any atom is 0.308 e. The van der Waals surface area contributed by atoms with Crippen LogP contribution in [-0.2, 0) is 20.7 Å². The van der Waals surface area contributed by atoms with Crippen LogP contribution in [-0.4, -0.2) is 48.2 Å². The van der Waals surface area contributed by atoms with Crippen LogP contribution in [0.2, 0.25) is 0 Å². The number of hydrogen-bond acceptors (Lipinski definition) is 5. The van der Waals surface area contributed by atoms with E-state index in [-0.39, 0.29) is 18.9 Å². The van der Waals surface area contributed by atoms with E-state index in [0.717, 1.165) is 11.3 Å². The number of amides is 1. The average Bonchev–Trinajstić information content (AvgIpc) is 2.97. The number of ether oxygens (including phenoxy) is 2. The molecule has 1 aliphatic rings. The summed E-state index contributed by atoms with van der Waals surface area (Å²) in [5, 5.41) is 0.406. The molecule has 1 heterocycles. The topological polar surface area (TPSA) is 59.1 Å². The maximum atomic E-state index is 13.1. The largest absolute Gasteiger partial charge is 0.497 e. The van der Waals surface area contributed by atoms with Gasteiger partial charge in [0.1, 0.15) is 11.8 Å². The molecule has 7 heteroatoms. The molecule has 0 N–H and O–H groups in total. The number of thiocarbonyl (C=S) groups is 1. The van der Waals surface area contributed by atoms with Gasteiger partial charge >= 0.3 is 5.97 Å². The first-order chi connectivity index (χ1) is 14.0. The van der Waals surface area contributed by atoms with Crippen molar-refractivity contribution >= 4 is 34.9 Å². The van der Waals surface area contributed by atoms with Crippen LogP contribution < -0.4 is 9.64 Å². The minimum atomic E-state index is -0.667. The van der Waals surface area contributed by atoms with Gasteiger partial charge in [0, 0.05) is 6.54 Å². The van der Waals surface area contributed by atoms with Crippen molar-refractivity contribution in [2.45, 2.75) is 25.8 Å². The fourth-order valence-corrected chi connectivity index (χ4v) is 3.74. The van der Waals surface area contributed by atoms with Crippen molar-refractivity contribution in [3.63, 3.8) is 0 Å². The minimum Gasteiger partial charge on any atom is -0.497 e. The summed E-state index contributed by atoms with van der Waals surface area (Å²) < 4.78 is 10.3. The van der Waals surface area contributed by atoms with Crippen LogP contribution in [0.5, 0.6) is 5.75 Å². The van der Waals surface area contributed by atoms with E-state index in [1.54, 1.807) is 14.0 Å². The van der Waals surface area contributed by atoms with Gasteiger partial charge in [-0.3, -0.25) is 14.5 Å². The average molecular weight is 413 g/mol. The first-order valence-corrected chi connectivity index (χ1v) is 9.94. The number of benzene rings is 2. The summed E-state index contributed by atoms with van der Waals surface area (Å²) in [5.41, 5.74) is 1.79. The van der Waals surface area contributed by atoms with Crippen molar-refractivity contribution < 1.29 is 19.1 Å². The molecule has 0 spiro atoms. The summed E-state index contributed by atoms with van der Waals surface area (Å²) in [6, 6.07) is 16.3. The molecule has 1 saturated heterocycles. The molecule has 2 aromatic carbocycles. The van der Waals surface area contributed by atoms with Crippen molar-refractivity contribution in [2.75, 3.05) is 25.2 Å². The highest BCUT2D eigenvalue weighted by atomic mass is 32.1. The molecule has 0 bridgehead atoms. The van der Waals surface area contributed by atoms with Crippen molar-refractivity contribution in [2.24, 2.45) is 0 Å². The summed E-state index contributed by atoms with van der Waals surface area (Å²) in [4.78, 5) is 28.6. The molecule has 0 saturated carbocycles. The Morgan fingerprint density at radius 1 is 1.10 bits per heavy atom. The number of anilines is 1. The second-order valence-electron chi connectivity index (χ2n) is 6.61. The normalized spacial score (nSPS) is 16.3. The molecule has 29 heavy (non-hydrogen) atoms. The van der Waals surface area contributed by atoms with Gasteiger partial charge in [0.2, 0.25) is 0 Å². The van der Waals surface area contributed by atoms with Crippen molar-refractivity contribution in [1.82, 2.24) is 4.90 Å². The Morgan fingerprint density at radius 2 is 1.79 bits per heavy atom. The summed E-state index contributed by atoms with van der Waals surface area (Å²) in [6.07, 6.45) is 0.651. The van der Waals surface area contributed by atoms with E-state index in [1.165, 1.54) is 4.90 Å². The highest BCUT2D eigenvalue weighted by Crippen LogP contribution is 2.27. The minimum absolute atomic E-state index is 0.0290. The third-order valence-electron chi connectivity index (χ3n) is 4.80. The highest BCUT2D eigenvalue weighted by molar-refractivity contribution is 7.80. The Labute approximate surface area is 176 Å². The van der Waals surface area contributed by atoms with Gasteiger partial charge in [-0.2, -0.15) is 0 Å². The first-order valence-electron chi connectivity index (χ1n) is 9.53. The summed E-state index contributed by atoms with van der Waals surface area (Å²) >= 11 is 5.63. The van der Waals surface area contributed by atoms with Crippen molar-refractivity contribution in [3.8, 4) is 5.75 Å². The molecule has 1 fully saturated rings. The van der Waals surface area contributed by atoms with Crippen molar-refractivity contribution in [1.29, 1.82) is 0 Å². The van der Waals surface area contributed by atoms with Gasteiger partial charge in [-0.1, -0.05) is 30.3 Å². The Hall–Kier alpha value is -2.93. The first kappa shape index (κ1) is 20.8. The summed E-state index contributed by atoms with van der Waals surface area (Å²) in [5.74, 6) is 0.179. The fraction of sp³-hybridized carbons (Fsp3) is 0.318. The predicted molar refractivity (Wildman–Crippen MR) is 115 cm³/mol. The van der Waals surface area contributed by atoms with E-state index in [2.05, 4.69) is 0 Å². The molecule has 1 unspecified atom stereocenters. The third kappa shape index (κ3) is 4.74. The molecular weight excluding hydrogens is 388 g/mol. The van der Waals surface area contributed by atoms with E-state index < -0.39 is 12.0 Å². The standard InChI is InChI=1S/C22H24N2O4S/c1-3-28-20(25)15-19-21(26)24(17-7-5-4-6-8-17)22(29)23(19)14-13-16-9-11-18(27-2)12-10-16/h4-12,19H,3,13-15H2,1-2H3. The van der Waals surface area contributed by atoms with Gasteiger partial charge in [-0.05, 0) is 55.4 Å². The van der Waals surface area contributed by atoms with E-state index in [1.807, 2.05) is 59.5 Å². The lowest BCUT2D eigenvalue weighted by Gasteiger charge is -2.23. The van der Waals surface area contributed by atoms with E-state index in [4.69, 9.17) is 21.7 Å². The van der Waals surface area contributed by atoms with Crippen LogP contribution in [0.1, 0.15) is 18.9 Å². The SMILES string of the molecule is CCOC(=O)CC1C(=O)N(c2ccccc2)C(=S)N1CCc1ccc(OC)cc1. The maximum absolute atomic E-state index is 13.1. The van der Waals surface area contributed by atoms with Gasteiger partial charge in [0.15, 0.2) is 5.11 Å². The Kier molecular flexibility index (Phi) is 6.82. The van der Waals surface area contributed by atoms with Crippen LogP contribution in [0.3, 0.4) is 0 Å². The summed E-state index contributed by atoms with van der Waals surface area (Å²) in [7, 11) is 1.63. The van der Waals surface area contributed by atoms with Crippen LogP contribution in [0.25, 0.3) is 0 Å². The van der Waals surface area contributed by atoms with Gasteiger partial charge in [0.05, 0.1) is 25.8 Å². The lowest BCUT2D eigenvalue weighted by atomic mass is 10.1. The third-order valence-corrected chi connectivity index (χ3v) is 5.22. The predicted octanol–water partition coefficient (Wildman–Crippen LogP) is 3.19. The lowest BCUT2D eigenvalue weighted by molar-refractivity contribution is -0.145. The molecular formula is C22H24N2O4S. The fourth-order valence-electron chi connectivity index (χ4n) is 3.32. The number of carbonyl (C=O) groups is 2. The lowest BCUT2D eigenvalue weighted by Crippen LogP contribution is -2.38. The van der Waals surface area contributed by atoms with Crippen LogP contribution in [0, 0.1) is 0 Å². The number of rotatable bonds is 8. The second-order valence-corrected chi connectivity index (χ2v) is 6.97. The Bertz CT molecular complexity index is 870. The molecule has 3 rings (SSSR count). The zero-order valence-electron chi connectivity index (χ0n) is 16.5. The second kappa shape index (κ2) is 9.52. The molecule has 1 amide bonds. The molecule has 0 aromatic heterocycles. The number of hydrogen-bond donors (Lipinski definition) is 0. The van der Waals surface area contributed by atoms with Gasteiger partial charge in [-0.25, -0.2) is 0 Å². The van der Waals surface area contributed by atoms with Gasteiger partial charge < -0.3 is 14.4 Å². The Balaban J connectivity index is 1.80.